The van der Waals surface area contributed by atoms with E-state index in [-0.39, 0.29) is 11.8 Å². The molecule has 1 aliphatic heterocycles. The van der Waals surface area contributed by atoms with E-state index in [2.05, 4.69) is 20.9 Å². The molecule has 0 radical (unpaired) electrons. The molecule has 29 heavy (non-hydrogen) atoms. The van der Waals surface area contributed by atoms with Crippen LogP contribution in [0.1, 0.15) is 31.4 Å². The summed E-state index contributed by atoms with van der Waals surface area (Å²) in [5.41, 5.74) is 2.70. The van der Waals surface area contributed by atoms with Gasteiger partial charge in [-0.05, 0) is 62.0 Å². The van der Waals surface area contributed by atoms with Gasteiger partial charge in [0.25, 0.3) is 5.88 Å². The first-order valence-corrected chi connectivity index (χ1v) is 10.3. The summed E-state index contributed by atoms with van der Waals surface area (Å²) in [7, 11) is 0. The van der Waals surface area contributed by atoms with E-state index in [0.29, 0.717) is 30.0 Å². The van der Waals surface area contributed by atoms with Crippen molar-refractivity contribution in [3.63, 3.8) is 0 Å². The number of aryl methyl sites for hydroxylation is 1. The SMILES string of the molecule is Cc1onc(OC[C@@H]2CCCNC2)c1-c1ccn2nc(NC(=O)C3CC3)cc2c1. The summed E-state index contributed by atoms with van der Waals surface area (Å²) in [6.45, 7) is 4.57. The van der Waals surface area contributed by atoms with Crippen molar-refractivity contribution < 1.29 is 14.1 Å². The van der Waals surface area contributed by atoms with Crippen LogP contribution in [0.4, 0.5) is 5.82 Å². The summed E-state index contributed by atoms with van der Waals surface area (Å²) >= 11 is 0. The van der Waals surface area contributed by atoms with Crippen molar-refractivity contribution in [3.05, 3.63) is 30.2 Å². The number of nitrogens with one attached hydrogen (secondary N) is 2. The number of aromatic nitrogens is 3. The summed E-state index contributed by atoms with van der Waals surface area (Å²) in [6.07, 6.45) is 6.15. The molecule has 1 atom stereocenters. The number of hydrogen-bond acceptors (Lipinski definition) is 6. The van der Waals surface area contributed by atoms with Crippen molar-refractivity contribution in [2.24, 2.45) is 11.8 Å². The number of piperidine rings is 1. The van der Waals surface area contributed by atoms with E-state index in [1.165, 1.54) is 6.42 Å². The molecule has 0 spiro atoms. The molecule has 3 aromatic rings. The van der Waals surface area contributed by atoms with Gasteiger partial charge in [-0.3, -0.25) is 4.79 Å². The predicted octanol–water partition coefficient (Wildman–Crippen LogP) is 3.02. The van der Waals surface area contributed by atoms with Gasteiger partial charge in [0.05, 0.1) is 17.7 Å². The monoisotopic (exact) mass is 395 g/mol. The smallest absolute Gasteiger partial charge is 0.262 e. The van der Waals surface area contributed by atoms with Crippen LogP contribution < -0.4 is 15.4 Å². The molecule has 152 valence electrons. The third-order valence-electron chi connectivity index (χ3n) is 5.64. The van der Waals surface area contributed by atoms with Gasteiger partial charge in [0.2, 0.25) is 5.91 Å². The van der Waals surface area contributed by atoms with Crippen molar-refractivity contribution in [2.45, 2.75) is 32.6 Å². The van der Waals surface area contributed by atoms with Gasteiger partial charge in [0.1, 0.15) is 5.76 Å². The molecular formula is C21H25N5O3. The van der Waals surface area contributed by atoms with Crippen molar-refractivity contribution in [1.29, 1.82) is 0 Å². The number of anilines is 1. The summed E-state index contributed by atoms with van der Waals surface area (Å²) in [6, 6.07) is 5.84. The molecule has 3 aromatic heterocycles. The van der Waals surface area contributed by atoms with E-state index in [9.17, 15) is 4.79 Å². The summed E-state index contributed by atoms with van der Waals surface area (Å²) < 4.78 is 13.2. The fraction of sp³-hybridized carbons (Fsp3) is 0.476. The van der Waals surface area contributed by atoms with Crippen LogP contribution in [0.5, 0.6) is 5.88 Å². The van der Waals surface area contributed by atoms with Crippen LogP contribution in [0.15, 0.2) is 28.9 Å². The highest BCUT2D eigenvalue weighted by molar-refractivity contribution is 5.93. The van der Waals surface area contributed by atoms with Gasteiger partial charge in [-0.1, -0.05) is 0 Å². The lowest BCUT2D eigenvalue weighted by Gasteiger charge is -2.22. The maximum Gasteiger partial charge on any atom is 0.262 e. The zero-order chi connectivity index (χ0) is 19.8. The predicted molar refractivity (Wildman–Crippen MR) is 108 cm³/mol. The summed E-state index contributed by atoms with van der Waals surface area (Å²) in [5.74, 6) is 2.50. The molecule has 0 unspecified atom stereocenters. The van der Waals surface area contributed by atoms with Gasteiger partial charge >= 0.3 is 0 Å². The Balaban J connectivity index is 1.36. The molecule has 1 saturated heterocycles. The minimum atomic E-state index is 0.0522. The number of fused-ring (bicyclic) bond motifs is 1. The lowest BCUT2D eigenvalue weighted by atomic mass is 10.0. The average molecular weight is 395 g/mol. The zero-order valence-corrected chi connectivity index (χ0v) is 16.5. The molecule has 0 bridgehead atoms. The lowest BCUT2D eigenvalue weighted by Crippen LogP contribution is -2.33. The standard InChI is InChI=1S/C21H25N5O3/c1-13-19(21(25-29-13)28-12-14-3-2-7-22-11-14)16-6-8-26-17(9-16)10-18(24-26)23-20(27)15-4-5-15/h6,8-10,14-15,22H,2-5,7,11-12H2,1H3,(H,23,24,27)/t14-/m1/s1. The number of rotatable bonds is 6. The number of carbonyl (C=O) groups is 1. The molecule has 0 aromatic carbocycles. The highest BCUT2D eigenvalue weighted by Crippen LogP contribution is 2.34. The highest BCUT2D eigenvalue weighted by atomic mass is 16.5. The Bertz CT molecular complexity index is 1030. The third-order valence-corrected chi connectivity index (χ3v) is 5.64. The molecular weight excluding hydrogens is 370 g/mol. The number of carbonyl (C=O) groups excluding carboxylic acids is 1. The molecule has 2 aliphatic rings. The second kappa shape index (κ2) is 7.51. The van der Waals surface area contributed by atoms with Crippen molar-refractivity contribution in [3.8, 4) is 17.0 Å². The minimum absolute atomic E-state index is 0.0522. The first-order valence-electron chi connectivity index (χ1n) is 10.3. The molecule has 4 heterocycles. The quantitative estimate of drug-likeness (QED) is 0.666. The van der Waals surface area contributed by atoms with Gasteiger partial charge in [-0.2, -0.15) is 5.10 Å². The fourth-order valence-electron chi connectivity index (χ4n) is 3.82. The van der Waals surface area contributed by atoms with E-state index < -0.39 is 0 Å². The summed E-state index contributed by atoms with van der Waals surface area (Å²) in [5, 5.41) is 14.9. The molecule has 2 fully saturated rings. The van der Waals surface area contributed by atoms with E-state index in [1.807, 2.05) is 31.3 Å². The Morgan fingerprint density at radius 3 is 3.07 bits per heavy atom. The molecule has 8 nitrogen and oxygen atoms in total. The largest absolute Gasteiger partial charge is 0.475 e. The Kier molecular flexibility index (Phi) is 4.71. The minimum Gasteiger partial charge on any atom is -0.475 e. The average Bonchev–Trinajstić information content (AvgIpc) is 3.42. The Hall–Kier alpha value is -2.87. The number of ether oxygens (including phenoxy) is 1. The van der Waals surface area contributed by atoms with Crippen LogP contribution in [-0.2, 0) is 4.79 Å². The lowest BCUT2D eigenvalue weighted by molar-refractivity contribution is -0.117. The van der Waals surface area contributed by atoms with Gasteiger partial charge in [0, 0.05) is 30.6 Å². The fourth-order valence-corrected chi connectivity index (χ4v) is 3.82. The van der Waals surface area contributed by atoms with Gasteiger partial charge in [0.15, 0.2) is 5.82 Å². The van der Waals surface area contributed by atoms with Crippen LogP contribution in [0, 0.1) is 18.8 Å². The van der Waals surface area contributed by atoms with E-state index >= 15 is 0 Å². The van der Waals surface area contributed by atoms with Crippen LogP contribution in [-0.4, -0.2) is 40.4 Å². The van der Waals surface area contributed by atoms with E-state index in [1.54, 1.807) is 4.52 Å². The van der Waals surface area contributed by atoms with Crippen molar-refractivity contribution in [1.82, 2.24) is 20.1 Å². The molecule has 1 aliphatic carbocycles. The van der Waals surface area contributed by atoms with Crippen LogP contribution in [0.2, 0.25) is 0 Å². The van der Waals surface area contributed by atoms with E-state index in [4.69, 9.17) is 9.26 Å². The van der Waals surface area contributed by atoms with Crippen molar-refractivity contribution >= 4 is 17.2 Å². The maximum atomic E-state index is 12.0. The van der Waals surface area contributed by atoms with Crippen LogP contribution in [0.3, 0.4) is 0 Å². The van der Waals surface area contributed by atoms with Gasteiger partial charge in [-0.25, -0.2) is 4.52 Å². The third kappa shape index (κ3) is 3.85. The summed E-state index contributed by atoms with van der Waals surface area (Å²) in [4.78, 5) is 12.0. The van der Waals surface area contributed by atoms with Crippen LogP contribution in [0.25, 0.3) is 16.6 Å². The van der Waals surface area contributed by atoms with Gasteiger partial charge in [-0.15, -0.1) is 0 Å². The number of nitrogens with zero attached hydrogens (tertiary/aromatic N) is 3. The van der Waals surface area contributed by atoms with Crippen LogP contribution >= 0.6 is 0 Å². The first-order chi connectivity index (χ1) is 14.2. The Morgan fingerprint density at radius 2 is 2.28 bits per heavy atom. The Labute approximate surface area is 168 Å². The topological polar surface area (TPSA) is 93.7 Å². The second-order valence-corrected chi connectivity index (χ2v) is 8.02. The molecule has 8 heteroatoms. The molecule has 5 rings (SSSR count). The molecule has 1 saturated carbocycles. The molecule has 1 amide bonds. The van der Waals surface area contributed by atoms with Crippen molar-refractivity contribution in [2.75, 3.05) is 25.0 Å². The highest BCUT2D eigenvalue weighted by Gasteiger charge is 2.30. The number of amides is 1. The number of hydrogen-bond donors (Lipinski definition) is 2. The normalized spacial score (nSPS) is 19.4. The first kappa shape index (κ1) is 18.2. The second-order valence-electron chi connectivity index (χ2n) is 8.02. The maximum absolute atomic E-state index is 12.0. The van der Waals surface area contributed by atoms with E-state index in [0.717, 1.165) is 49.0 Å². The Morgan fingerprint density at radius 1 is 1.38 bits per heavy atom. The zero-order valence-electron chi connectivity index (χ0n) is 16.5. The number of pyridine rings is 1. The molecule has 2 N–H and O–H groups in total. The van der Waals surface area contributed by atoms with Gasteiger partial charge < -0.3 is 19.9 Å².